The molecular weight excluding hydrogens is 132 g/mol. The van der Waals surface area contributed by atoms with Gasteiger partial charge in [0.2, 0.25) is 0 Å². The van der Waals surface area contributed by atoms with E-state index in [9.17, 15) is 0 Å². The van der Waals surface area contributed by atoms with E-state index in [2.05, 4.69) is 0 Å². The summed E-state index contributed by atoms with van der Waals surface area (Å²) in [4.78, 5) is 0. The summed E-state index contributed by atoms with van der Waals surface area (Å²) in [5.41, 5.74) is 0. The number of hydrogen-bond donors (Lipinski definition) is 0. The van der Waals surface area contributed by atoms with Crippen LogP contribution in [0.2, 0.25) is 0 Å². The SMILES string of the molecule is CC1OC2CCOC2(C)O1. The summed E-state index contributed by atoms with van der Waals surface area (Å²) in [5.74, 6) is -0.445. The van der Waals surface area contributed by atoms with E-state index in [1.54, 1.807) is 0 Å². The van der Waals surface area contributed by atoms with Crippen molar-refractivity contribution in [2.75, 3.05) is 6.61 Å². The summed E-state index contributed by atoms with van der Waals surface area (Å²) in [7, 11) is 0. The highest BCUT2D eigenvalue weighted by Gasteiger charge is 2.49. The Balaban J connectivity index is 2.15. The molecular formula is C7H12O3. The molecule has 3 unspecified atom stereocenters. The molecule has 0 N–H and O–H groups in total. The molecule has 2 fully saturated rings. The van der Waals surface area contributed by atoms with Gasteiger partial charge < -0.3 is 14.2 Å². The van der Waals surface area contributed by atoms with Crippen LogP contribution >= 0.6 is 0 Å². The minimum Gasteiger partial charge on any atom is -0.347 e. The van der Waals surface area contributed by atoms with Gasteiger partial charge in [0.1, 0.15) is 6.10 Å². The van der Waals surface area contributed by atoms with Crippen molar-refractivity contribution in [3.8, 4) is 0 Å². The Morgan fingerprint density at radius 3 is 3.00 bits per heavy atom. The molecule has 2 rings (SSSR count). The van der Waals surface area contributed by atoms with Crippen LogP contribution in [0.5, 0.6) is 0 Å². The molecule has 3 heteroatoms. The van der Waals surface area contributed by atoms with Crippen LogP contribution in [0, 0.1) is 0 Å². The third-order valence-corrected chi connectivity index (χ3v) is 2.11. The first-order chi connectivity index (χ1) is 4.71. The van der Waals surface area contributed by atoms with E-state index in [4.69, 9.17) is 14.2 Å². The van der Waals surface area contributed by atoms with Crippen LogP contribution in [0.25, 0.3) is 0 Å². The van der Waals surface area contributed by atoms with Gasteiger partial charge in [0, 0.05) is 6.42 Å². The monoisotopic (exact) mass is 144 g/mol. The Labute approximate surface area is 60.3 Å². The molecule has 0 amide bonds. The lowest BCUT2D eigenvalue weighted by Crippen LogP contribution is -2.32. The van der Waals surface area contributed by atoms with Gasteiger partial charge in [-0.3, -0.25) is 0 Å². The maximum Gasteiger partial charge on any atom is 0.194 e. The molecule has 0 spiro atoms. The largest absolute Gasteiger partial charge is 0.347 e. The van der Waals surface area contributed by atoms with Crippen LogP contribution in [0.3, 0.4) is 0 Å². The molecule has 0 radical (unpaired) electrons. The number of hydrogen-bond acceptors (Lipinski definition) is 3. The highest BCUT2D eigenvalue weighted by Crippen LogP contribution is 2.37. The Bertz CT molecular complexity index is 148. The minimum absolute atomic E-state index is 0.102. The molecule has 3 atom stereocenters. The second-order valence-electron chi connectivity index (χ2n) is 2.96. The first-order valence-electron chi connectivity index (χ1n) is 3.68. The Morgan fingerprint density at radius 1 is 1.50 bits per heavy atom. The van der Waals surface area contributed by atoms with Gasteiger partial charge in [-0.25, -0.2) is 0 Å². The topological polar surface area (TPSA) is 27.7 Å². The van der Waals surface area contributed by atoms with Crippen LogP contribution in [0.4, 0.5) is 0 Å². The lowest BCUT2D eigenvalue weighted by atomic mass is 10.2. The van der Waals surface area contributed by atoms with Gasteiger partial charge in [0.05, 0.1) is 6.61 Å². The van der Waals surface area contributed by atoms with Gasteiger partial charge in [0.25, 0.3) is 0 Å². The van der Waals surface area contributed by atoms with E-state index in [0.29, 0.717) is 0 Å². The van der Waals surface area contributed by atoms with E-state index >= 15 is 0 Å². The third-order valence-electron chi connectivity index (χ3n) is 2.11. The smallest absolute Gasteiger partial charge is 0.194 e. The molecule has 2 aliphatic heterocycles. The van der Waals surface area contributed by atoms with Crippen molar-refractivity contribution in [2.24, 2.45) is 0 Å². The van der Waals surface area contributed by atoms with Crippen molar-refractivity contribution < 1.29 is 14.2 Å². The number of fused-ring (bicyclic) bond motifs is 1. The summed E-state index contributed by atoms with van der Waals surface area (Å²) in [6, 6.07) is 0. The molecule has 0 aromatic heterocycles. The Morgan fingerprint density at radius 2 is 2.30 bits per heavy atom. The van der Waals surface area contributed by atoms with Gasteiger partial charge in [-0.1, -0.05) is 0 Å². The van der Waals surface area contributed by atoms with Crippen LogP contribution in [-0.4, -0.2) is 24.8 Å². The lowest BCUT2D eigenvalue weighted by molar-refractivity contribution is -0.195. The summed E-state index contributed by atoms with van der Waals surface area (Å²) in [6.07, 6.45) is 1.01. The fraction of sp³-hybridized carbons (Fsp3) is 1.00. The third kappa shape index (κ3) is 0.779. The zero-order valence-corrected chi connectivity index (χ0v) is 6.29. The summed E-state index contributed by atoms with van der Waals surface area (Å²) < 4.78 is 16.3. The fourth-order valence-corrected chi connectivity index (χ4v) is 1.61. The Hall–Kier alpha value is -0.120. The molecule has 3 nitrogen and oxygen atoms in total. The predicted octanol–water partition coefficient (Wildman–Crippen LogP) is 0.884. The fourth-order valence-electron chi connectivity index (χ4n) is 1.61. The normalized spacial score (nSPS) is 53.4. The van der Waals surface area contributed by atoms with Crippen molar-refractivity contribution in [1.82, 2.24) is 0 Å². The van der Waals surface area contributed by atoms with E-state index in [1.165, 1.54) is 0 Å². The Kier molecular flexibility index (Phi) is 1.27. The van der Waals surface area contributed by atoms with E-state index in [-0.39, 0.29) is 12.4 Å². The summed E-state index contributed by atoms with van der Waals surface area (Å²) in [5, 5.41) is 0. The quantitative estimate of drug-likeness (QED) is 0.505. The standard InChI is InChI=1S/C7H12O3/c1-5-9-6-3-4-8-7(6,2)10-5/h5-6H,3-4H2,1-2H3. The summed E-state index contributed by atoms with van der Waals surface area (Å²) >= 11 is 0. The second-order valence-corrected chi connectivity index (χ2v) is 2.96. The molecule has 0 bridgehead atoms. The van der Waals surface area contributed by atoms with Gasteiger partial charge in [-0.05, 0) is 13.8 Å². The van der Waals surface area contributed by atoms with Gasteiger partial charge in [-0.15, -0.1) is 0 Å². The second kappa shape index (κ2) is 1.94. The highest BCUT2D eigenvalue weighted by atomic mass is 16.8. The van der Waals surface area contributed by atoms with Crippen molar-refractivity contribution >= 4 is 0 Å². The maximum atomic E-state index is 5.44. The van der Waals surface area contributed by atoms with Crippen LogP contribution in [0.1, 0.15) is 20.3 Å². The van der Waals surface area contributed by atoms with Crippen molar-refractivity contribution in [1.29, 1.82) is 0 Å². The zero-order valence-electron chi connectivity index (χ0n) is 6.29. The molecule has 0 aliphatic carbocycles. The molecule has 0 aromatic carbocycles. The molecule has 2 aliphatic rings. The van der Waals surface area contributed by atoms with Crippen molar-refractivity contribution in [3.63, 3.8) is 0 Å². The molecule has 0 aromatic rings. The molecule has 58 valence electrons. The molecule has 10 heavy (non-hydrogen) atoms. The van der Waals surface area contributed by atoms with Crippen LogP contribution < -0.4 is 0 Å². The summed E-state index contributed by atoms with van der Waals surface area (Å²) in [6.45, 7) is 4.59. The van der Waals surface area contributed by atoms with Crippen LogP contribution in [-0.2, 0) is 14.2 Å². The highest BCUT2D eigenvalue weighted by molar-refractivity contribution is 4.86. The first-order valence-corrected chi connectivity index (χ1v) is 3.68. The lowest BCUT2D eigenvalue weighted by Gasteiger charge is -2.19. The van der Waals surface area contributed by atoms with E-state index in [1.807, 2.05) is 13.8 Å². The zero-order chi connectivity index (χ0) is 7.19. The van der Waals surface area contributed by atoms with Crippen LogP contribution in [0.15, 0.2) is 0 Å². The molecule has 2 saturated heterocycles. The molecule has 0 saturated carbocycles. The van der Waals surface area contributed by atoms with Gasteiger partial charge in [0.15, 0.2) is 12.1 Å². The van der Waals surface area contributed by atoms with Crippen molar-refractivity contribution in [3.05, 3.63) is 0 Å². The average molecular weight is 144 g/mol. The van der Waals surface area contributed by atoms with Gasteiger partial charge in [-0.2, -0.15) is 0 Å². The number of ether oxygens (including phenoxy) is 3. The van der Waals surface area contributed by atoms with E-state index in [0.717, 1.165) is 13.0 Å². The minimum atomic E-state index is -0.445. The predicted molar refractivity (Wildman–Crippen MR) is 34.4 cm³/mol. The first kappa shape index (κ1) is 6.58. The maximum absolute atomic E-state index is 5.44. The average Bonchev–Trinajstić information content (AvgIpc) is 2.20. The van der Waals surface area contributed by atoms with Gasteiger partial charge >= 0.3 is 0 Å². The van der Waals surface area contributed by atoms with Crippen molar-refractivity contribution in [2.45, 2.75) is 38.4 Å². The molecule has 2 heterocycles. The number of rotatable bonds is 0. The van der Waals surface area contributed by atoms with E-state index < -0.39 is 5.79 Å².